The highest BCUT2D eigenvalue weighted by Crippen LogP contribution is 2.12. The summed E-state index contributed by atoms with van der Waals surface area (Å²) in [5.74, 6) is 0.178. The maximum atomic E-state index is 11.7. The van der Waals surface area contributed by atoms with Crippen molar-refractivity contribution in [2.75, 3.05) is 6.61 Å². The summed E-state index contributed by atoms with van der Waals surface area (Å²) < 4.78 is 4.65. The number of hydrogen-bond donors (Lipinski definition) is 0. The van der Waals surface area contributed by atoms with Gasteiger partial charge in [-0.05, 0) is 72.5 Å². The van der Waals surface area contributed by atoms with Gasteiger partial charge in [0.25, 0.3) is 6.47 Å². The van der Waals surface area contributed by atoms with E-state index >= 15 is 0 Å². The van der Waals surface area contributed by atoms with E-state index in [1.807, 2.05) is 33.8 Å². The number of hydrogen-bond acceptors (Lipinski definition) is 3. The summed E-state index contributed by atoms with van der Waals surface area (Å²) in [5.41, 5.74) is 4.79. The average molecular weight is 332 g/mol. The number of ketones is 1. The molecule has 0 heterocycles. The van der Waals surface area contributed by atoms with Crippen LogP contribution in [0.15, 0.2) is 46.6 Å². The highest BCUT2D eigenvalue weighted by Gasteiger charge is 1.99. The van der Waals surface area contributed by atoms with Crippen LogP contribution in [0.4, 0.5) is 0 Å². The summed E-state index contributed by atoms with van der Waals surface area (Å²) in [4.78, 5) is 21.8. The van der Waals surface area contributed by atoms with Gasteiger partial charge in [0.15, 0.2) is 5.78 Å². The summed E-state index contributed by atoms with van der Waals surface area (Å²) in [5, 5.41) is 0. The van der Waals surface area contributed by atoms with Crippen molar-refractivity contribution < 1.29 is 14.3 Å². The molecule has 0 unspecified atom stereocenters. The van der Waals surface area contributed by atoms with E-state index in [9.17, 15) is 9.59 Å². The highest BCUT2D eigenvalue weighted by molar-refractivity contribution is 5.91. The lowest BCUT2D eigenvalue weighted by molar-refractivity contribution is -0.127. The Morgan fingerprint density at radius 2 is 1.38 bits per heavy atom. The number of rotatable bonds is 12. The van der Waals surface area contributed by atoms with E-state index in [0.717, 1.165) is 36.8 Å². The molecule has 0 radical (unpaired) electrons. The summed E-state index contributed by atoms with van der Waals surface area (Å²) in [6.07, 6.45) is 12.5. The Hall–Kier alpha value is -1.90. The molecule has 0 N–H and O–H groups in total. The van der Waals surface area contributed by atoms with Crippen molar-refractivity contribution in [2.45, 2.75) is 66.7 Å². The van der Waals surface area contributed by atoms with Crippen molar-refractivity contribution in [2.24, 2.45) is 0 Å². The van der Waals surface area contributed by atoms with E-state index in [4.69, 9.17) is 0 Å². The van der Waals surface area contributed by atoms with Crippen molar-refractivity contribution in [3.8, 4) is 0 Å². The van der Waals surface area contributed by atoms with Crippen molar-refractivity contribution in [1.29, 1.82) is 0 Å². The predicted molar refractivity (Wildman–Crippen MR) is 101 cm³/mol. The molecule has 0 aromatic carbocycles. The van der Waals surface area contributed by atoms with Gasteiger partial charge in [-0.25, -0.2) is 0 Å². The molecule has 0 aliphatic carbocycles. The molecule has 0 rings (SSSR count). The molecule has 0 aliphatic rings. The molecule has 3 heteroatoms. The van der Waals surface area contributed by atoms with Gasteiger partial charge in [0.05, 0.1) is 0 Å². The fourth-order valence-corrected chi connectivity index (χ4v) is 2.25. The second kappa shape index (κ2) is 13.5. The van der Waals surface area contributed by atoms with E-state index in [1.54, 1.807) is 6.08 Å². The molecule has 0 aromatic heterocycles. The van der Waals surface area contributed by atoms with Crippen molar-refractivity contribution in [3.63, 3.8) is 0 Å². The molecule has 0 aliphatic heterocycles. The van der Waals surface area contributed by atoms with Crippen LogP contribution in [0.3, 0.4) is 0 Å². The molecular weight excluding hydrogens is 300 g/mol. The van der Waals surface area contributed by atoms with Crippen LogP contribution in [0.1, 0.15) is 66.7 Å². The maximum absolute atomic E-state index is 11.7. The van der Waals surface area contributed by atoms with E-state index < -0.39 is 0 Å². The van der Waals surface area contributed by atoms with Gasteiger partial charge in [0, 0.05) is 6.42 Å². The van der Waals surface area contributed by atoms with Crippen LogP contribution in [-0.4, -0.2) is 18.9 Å². The number of ether oxygens (including phenoxy) is 1. The Balaban J connectivity index is 4.11. The van der Waals surface area contributed by atoms with Gasteiger partial charge >= 0.3 is 0 Å². The van der Waals surface area contributed by atoms with Crippen LogP contribution in [-0.2, 0) is 14.3 Å². The Morgan fingerprint density at radius 3 is 1.92 bits per heavy atom. The zero-order valence-corrected chi connectivity index (χ0v) is 15.9. The van der Waals surface area contributed by atoms with Crippen LogP contribution in [0.2, 0.25) is 0 Å². The van der Waals surface area contributed by atoms with Gasteiger partial charge in [0.2, 0.25) is 0 Å². The molecule has 0 amide bonds. The largest absolute Gasteiger partial charge is 0.464 e. The third-order valence-corrected chi connectivity index (χ3v) is 3.56. The molecule has 0 spiro atoms. The van der Waals surface area contributed by atoms with E-state index in [2.05, 4.69) is 23.8 Å². The van der Waals surface area contributed by atoms with Crippen molar-refractivity contribution >= 4 is 12.3 Å². The molecule has 3 nitrogen and oxygen atoms in total. The molecule has 0 saturated carbocycles. The number of allylic oxidation sites excluding steroid dienone is 7. The third kappa shape index (κ3) is 13.7. The number of carbonyl (C=O) groups excluding carboxylic acids is 2. The first-order valence-electron chi connectivity index (χ1n) is 8.55. The zero-order valence-electron chi connectivity index (χ0n) is 15.9. The summed E-state index contributed by atoms with van der Waals surface area (Å²) in [6.45, 7) is 10.9. The van der Waals surface area contributed by atoms with Crippen molar-refractivity contribution in [1.82, 2.24) is 0 Å². The normalized spacial score (nSPS) is 12.8. The van der Waals surface area contributed by atoms with E-state index in [-0.39, 0.29) is 5.78 Å². The monoisotopic (exact) mass is 332 g/mol. The lowest BCUT2D eigenvalue weighted by Gasteiger charge is -2.02. The zero-order chi connectivity index (χ0) is 18.4. The van der Waals surface area contributed by atoms with Gasteiger partial charge in [-0.1, -0.05) is 34.4 Å². The van der Waals surface area contributed by atoms with E-state index in [0.29, 0.717) is 19.5 Å². The van der Waals surface area contributed by atoms with Crippen LogP contribution in [0, 0.1) is 0 Å². The second-order valence-corrected chi connectivity index (χ2v) is 6.52. The lowest BCUT2D eigenvalue weighted by Crippen LogP contribution is -1.94. The third-order valence-electron chi connectivity index (χ3n) is 3.56. The lowest BCUT2D eigenvalue weighted by atomic mass is 10.0. The van der Waals surface area contributed by atoms with Gasteiger partial charge in [-0.3, -0.25) is 9.59 Å². The fourth-order valence-electron chi connectivity index (χ4n) is 2.25. The molecular formula is C21H32O3. The second-order valence-electron chi connectivity index (χ2n) is 6.52. The summed E-state index contributed by atoms with van der Waals surface area (Å²) in [6, 6.07) is 0. The molecule has 0 saturated heterocycles. The topological polar surface area (TPSA) is 43.4 Å². The Kier molecular flexibility index (Phi) is 12.5. The van der Waals surface area contributed by atoms with Crippen LogP contribution in [0.5, 0.6) is 0 Å². The highest BCUT2D eigenvalue weighted by atomic mass is 16.5. The Bertz CT molecular complexity index is 515. The van der Waals surface area contributed by atoms with Crippen LogP contribution in [0.25, 0.3) is 0 Å². The molecule has 0 atom stereocenters. The Morgan fingerprint density at radius 1 is 0.833 bits per heavy atom. The first-order chi connectivity index (χ1) is 11.3. The number of carbonyl (C=O) groups is 2. The van der Waals surface area contributed by atoms with Crippen LogP contribution >= 0.6 is 0 Å². The fraction of sp³-hybridized carbons (Fsp3) is 0.524. The first kappa shape index (κ1) is 22.1. The molecule has 0 bridgehead atoms. The molecule has 24 heavy (non-hydrogen) atoms. The average Bonchev–Trinajstić information content (AvgIpc) is 2.46. The van der Waals surface area contributed by atoms with E-state index in [1.165, 1.54) is 11.1 Å². The van der Waals surface area contributed by atoms with Gasteiger partial charge in [0.1, 0.15) is 6.61 Å². The minimum atomic E-state index is 0.178. The van der Waals surface area contributed by atoms with Gasteiger partial charge < -0.3 is 4.74 Å². The molecule has 0 fully saturated rings. The quantitative estimate of drug-likeness (QED) is 0.205. The maximum Gasteiger partial charge on any atom is 0.293 e. The van der Waals surface area contributed by atoms with Crippen molar-refractivity contribution in [3.05, 3.63) is 46.6 Å². The van der Waals surface area contributed by atoms with Crippen LogP contribution < -0.4 is 0 Å². The predicted octanol–water partition coefficient (Wildman–Crippen LogP) is 5.48. The summed E-state index contributed by atoms with van der Waals surface area (Å²) in [7, 11) is 0. The standard InChI is InChI=1S/C21H32O3/c1-17(2)14-21(23)15-20(5)11-7-9-18(3)8-6-10-19(4)12-13-24-16-22/h8,11-12,14,16H,6-7,9-10,13,15H2,1-5H3/b18-8+,19-12+,20-11+. The SMILES string of the molecule is CC(C)=CC(=O)C/C(C)=C/CC/C(C)=C/CC/C(C)=C/COC=O. The minimum Gasteiger partial charge on any atom is -0.464 e. The molecule has 0 aromatic rings. The smallest absolute Gasteiger partial charge is 0.293 e. The summed E-state index contributed by atoms with van der Waals surface area (Å²) >= 11 is 0. The Labute approximate surface area is 147 Å². The minimum absolute atomic E-state index is 0.178. The molecule has 134 valence electrons. The van der Waals surface area contributed by atoms with Gasteiger partial charge in [-0.15, -0.1) is 0 Å². The first-order valence-corrected chi connectivity index (χ1v) is 8.55. The van der Waals surface area contributed by atoms with Gasteiger partial charge in [-0.2, -0.15) is 0 Å².